The molecular formula is C14H14ClN3O3S. The molecule has 0 atom stereocenters. The summed E-state index contributed by atoms with van der Waals surface area (Å²) in [4.78, 5) is 36.9. The molecule has 0 aliphatic rings. The van der Waals surface area contributed by atoms with E-state index in [1.165, 1.54) is 25.9 Å². The van der Waals surface area contributed by atoms with Gasteiger partial charge in [-0.15, -0.1) is 11.8 Å². The molecule has 0 radical (unpaired) electrons. The number of nitrogens with two attached hydrogens (primary N) is 1. The minimum Gasteiger partial charge on any atom is -0.384 e. The lowest BCUT2D eigenvalue weighted by molar-refractivity contribution is 0.102. The van der Waals surface area contributed by atoms with Crippen LogP contribution in [0.15, 0.2) is 38.8 Å². The second-order valence-electron chi connectivity index (χ2n) is 4.61. The Morgan fingerprint density at radius 2 is 1.86 bits per heavy atom. The van der Waals surface area contributed by atoms with Crippen LogP contribution in [0.2, 0.25) is 5.02 Å². The van der Waals surface area contributed by atoms with Gasteiger partial charge in [0.1, 0.15) is 11.4 Å². The molecule has 116 valence electrons. The molecule has 22 heavy (non-hydrogen) atoms. The fourth-order valence-electron chi connectivity index (χ4n) is 1.90. The van der Waals surface area contributed by atoms with Gasteiger partial charge in [-0.05, 0) is 12.1 Å². The number of Topliss-reactive ketones (excluding diaryl/α,β-unsaturated/α-hetero) is 1. The van der Waals surface area contributed by atoms with Crippen LogP contribution in [0.4, 0.5) is 5.82 Å². The zero-order valence-corrected chi connectivity index (χ0v) is 13.6. The van der Waals surface area contributed by atoms with Crippen molar-refractivity contribution in [1.29, 1.82) is 0 Å². The van der Waals surface area contributed by atoms with Crippen LogP contribution in [0.5, 0.6) is 0 Å². The van der Waals surface area contributed by atoms with Crippen molar-refractivity contribution in [1.82, 2.24) is 9.13 Å². The predicted molar refractivity (Wildman–Crippen MR) is 87.8 cm³/mol. The Morgan fingerprint density at radius 3 is 2.50 bits per heavy atom. The number of rotatable bonds is 4. The maximum Gasteiger partial charge on any atom is 0.332 e. The normalized spacial score (nSPS) is 10.7. The first-order chi connectivity index (χ1) is 10.3. The molecule has 2 rings (SSSR count). The third kappa shape index (κ3) is 2.95. The minimum absolute atomic E-state index is 0.00137. The monoisotopic (exact) mass is 339 g/mol. The molecule has 8 heteroatoms. The second kappa shape index (κ2) is 6.41. The Labute approximate surface area is 135 Å². The zero-order chi connectivity index (χ0) is 16.4. The van der Waals surface area contributed by atoms with Crippen molar-refractivity contribution < 1.29 is 4.79 Å². The summed E-state index contributed by atoms with van der Waals surface area (Å²) in [5.41, 5.74) is 4.31. The summed E-state index contributed by atoms with van der Waals surface area (Å²) in [6.07, 6.45) is 0. The third-order valence-corrected chi connectivity index (χ3v) is 4.70. The second-order valence-corrected chi connectivity index (χ2v) is 6.03. The summed E-state index contributed by atoms with van der Waals surface area (Å²) >= 11 is 7.23. The quantitative estimate of drug-likeness (QED) is 0.670. The van der Waals surface area contributed by atoms with Crippen LogP contribution in [0.3, 0.4) is 0 Å². The van der Waals surface area contributed by atoms with Crippen LogP contribution in [0.25, 0.3) is 0 Å². The molecule has 1 heterocycles. The summed E-state index contributed by atoms with van der Waals surface area (Å²) in [6, 6.07) is 7.09. The van der Waals surface area contributed by atoms with Crippen LogP contribution < -0.4 is 17.0 Å². The number of benzene rings is 1. The van der Waals surface area contributed by atoms with Gasteiger partial charge in [-0.3, -0.25) is 18.7 Å². The number of halogens is 1. The zero-order valence-electron chi connectivity index (χ0n) is 12.0. The molecule has 0 fully saturated rings. The first-order valence-electron chi connectivity index (χ1n) is 6.30. The SMILES string of the molecule is Cn1c(N)c(C(=O)CSc2ccccc2Cl)c(=O)n(C)c1=O. The molecule has 0 saturated carbocycles. The molecule has 0 spiro atoms. The van der Waals surface area contributed by atoms with Gasteiger partial charge in [0.25, 0.3) is 5.56 Å². The molecule has 6 nitrogen and oxygen atoms in total. The highest BCUT2D eigenvalue weighted by atomic mass is 35.5. The topological polar surface area (TPSA) is 87.1 Å². The van der Waals surface area contributed by atoms with Gasteiger partial charge in [-0.2, -0.15) is 0 Å². The number of hydrogen-bond acceptors (Lipinski definition) is 5. The van der Waals surface area contributed by atoms with Crippen molar-refractivity contribution in [3.05, 3.63) is 55.7 Å². The average molecular weight is 340 g/mol. The number of anilines is 1. The number of thioether (sulfide) groups is 1. The number of nitrogen functional groups attached to an aromatic ring is 1. The Hall–Kier alpha value is -1.99. The van der Waals surface area contributed by atoms with Gasteiger partial charge in [0, 0.05) is 19.0 Å². The van der Waals surface area contributed by atoms with Gasteiger partial charge in [0.2, 0.25) is 0 Å². The van der Waals surface area contributed by atoms with Gasteiger partial charge in [0.15, 0.2) is 5.78 Å². The van der Waals surface area contributed by atoms with E-state index in [-0.39, 0.29) is 17.1 Å². The van der Waals surface area contributed by atoms with E-state index < -0.39 is 17.0 Å². The van der Waals surface area contributed by atoms with Gasteiger partial charge >= 0.3 is 5.69 Å². The Morgan fingerprint density at radius 1 is 1.23 bits per heavy atom. The van der Waals surface area contributed by atoms with Gasteiger partial charge in [0.05, 0.1) is 10.8 Å². The summed E-state index contributed by atoms with van der Waals surface area (Å²) in [5, 5.41) is 0.529. The number of aromatic nitrogens is 2. The van der Waals surface area contributed by atoms with E-state index in [0.717, 1.165) is 14.0 Å². The summed E-state index contributed by atoms with van der Waals surface area (Å²) in [7, 11) is 2.72. The maximum atomic E-state index is 12.3. The Kier molecular flexibility index (Phi) is 4.77. The molecule has 0 amide bonds. The van der Waals surface area contributed by atoms with Crippen molar-refractivity contribution in [3.8, 4) is 0 Å². The standard InChI is InChI=1S/C14H14ClN3O3S/c1-17-12(16)11(13(20)18(2)14(17)21)9(19)7-22-10-6-4-3-5-8(10)15/h3-6H,7,16H2,1-2H3. The van der Waals surface area contributed by atoms with Gasteiger partial charge in [-0.25, -0.2) is 4.79 Å². The first kappa shape index (κ1) is 16.4. The van der Waals surface area contributed by atoms with E-state index in [1.54, 1.807) is 24.3 Å². The summed E-state index contributed by atoms with van der Waals surface area (Å²) < 4.78 is 1.94. The highest BCUT2D eigenvalue weighted by molar-refractivity contribution is 8.00. The Balaban J connectivity index is 2.34. The van der Waals surface area contributed by atoms with Crippen molar-refractivity contribution in [2.75, 3.05) is 11.5 Å². The van der Waals surface area contributed by atoms with Crippen LogP contribution in [0, 0.1) is 0 Å². The molecule has 0 bridgehead atoms. The molecule has 2 N–H and O–H groups in total. The van der Waals surface area contributed by atoms with Crippen molar-refractivity contribution in [2.45, 2.75) is 4.90 Å². The lowest BCUT2D eigenvalue weighted by Crippen LogP contribution is -2.41. The minimum atomic E-state index is -0.689. The molecule has 1 aromatic carbocycles. The van der Waals surface area contributed by atoms with Gasteiger partial charge < -0.3 is 5.73 Å². The van der Waals surface area contributed by atoms with Crippen molar-refractivity contribution >= 4 is 35.0 Å². The number of ketones is 1. The average Bonchev–Trinajstić information content (AvgIpc) is 2.50. The molecule has 1 aromatic heterocycles. The van der Waals surface area contributed by atoms with Crippen LogP contribution in [-0.2, 0) is 14.1 Å². The van der Waals surface area contributed by atoms with Gasteiger partial charge in [-0.1, -0.05) is 23.7 Å². The largest absolute Gasteiger partial charge is 0.384 e. The predicted octanol–water partition coefficient (Wildman–Crippen LogP) is 1.29. The molecule has 0 aliphatic heterocycles. The molecule has 0 unspecified atom stereocenters. The number of carbonyl (C=O) groups is 1. The lowest BCUT2D eigenvalue weighted by Gasteiger charge is -2.10. The lowest BCUT2D eigenvalue weighted by atomic mass is 10.2. The van der Waals surface area contributed by atoms with E-state index in [4.69, 9.17) is 17.3 Å². The summed E-state index contributed by atoms with van der Waals surface area (Å²) in [6.45, 7) is 0. The highest BCUT2D eigenvalue weighted by Crippen LogP contribution is 2.27. The van der Waals surface area contributed by atoms with Crippen LogP contribution >= 0.6 is 23.4 Å². The maximum absolute atomic E-state index is 12.3. The smallest absolute Gasteiger partial charge is 0.332 e. The molecule has 0 aliphatic carbocycles. The molecule has 0 saturated heterocycles. The van der Waals surface area contributed by atoms with E-state index in [0.29, 0.717) is 5.02 Å². The van der Waals surface area contributed by atoms with Crippen LogP contribution in [-0.4, -0.2) is 20.7 Å². The van der Waals surface area contributed by atoms with E-state index >= 15 is 0 Å². The van der Waals surface area contributed by atoms with Crippen molar-refractivity contribution in [2.24, 2.45) is 14.1 Å². The fourth-order valence-corrected chi connectivity index (χ4v) is 3.01. The fraction of sp³-hybridized carbons (Fsp3) is 0.214. The third-order valence-electron chi connectivity index (χ3n) is 3.18. The molecule has 2 aromatic rings. The van der Waals surface area contributed by atoms with Crippen LogP contribution in [0.1, 0.15) is 10.4 Å². The highest BCUT2D eigenvalue weighted by Gasteiger charge is 2.20. The number of nitrogens with zero attached hydrogens (tertiary/aromatic N) is 2. The first-order valence-corrected chi connectivity index (χ1v) is 7.67. The Bertz CT molecular complexity index is 857. The van der Waals surface area contributed by atoms with E-state index in [2.05, 4.69) is 0 Å². The number of carbonyl (C=O) groups excluding carboxylic acids is 1. The number of hydrogen-bond donors (Lipinski definition) is 1. The summed E-state index contributed by atoms with van der Waals surface area (Å²) in [5.74, 6) is -0.571. The van der Waals surface area contributed by atoms with Crippen molar-refractivity contribution in [3.63, 3.8) is 0 Å². The molecular weight excluding hydrogens is 326 g/mol. The van der Waals surface area contributed by atoms with E-state index in [9.17, 15) is 14.4 Å². The van der Waals surface area contributed by atoms with E-state index in [1.807, 2.05) is 0 Å².